The van der Waals surface area contributed by atoms with Crippen molar-refractivity contribution in [2.45, 2.75) is 6.54 Å². The third kappa shape index (κ3) is 3.24. The maximum absolute atomic E-state index is 12.1. The van der Waals surface area contributed by atoms with Gasteiger partial charge in [0.2, 0.25) is 0 Å². The molecule has 3 aromatic rings. The van der Waals surface area contributed by atoms with Crippen LogP contribution in [-0.4, -0.2) is 31.0 Å². The number of non-ortho nitro benzene ring substituents is 1. The smallest absolute Gasteiger partial charge is 0.269 e. The molecule has 1 aromatic heterocycles. The number of nitrogens with zero attached hydrogens (tertiary/aromatic N) is 5. The van der Waals surface area contributed by atoms with Crippen LogP contribution in [-0.2, 0) is 6.54 Å². The highest BCUT2D eigenvalue weighted by Crippen LogP contribution is 2.12. The topological polar surface area (TPSA) is 116 Å². The van der Waals surface area contributed by atoms with Gasteiger partial charge in [0.25, 0.3) is 11.6 Å². The van der Waals surface area contributed by atoms with Crippen LogP contribution in [0.25, 0.3) is 5.69 Å². The maximum Gasteiger partial charge on any atom is 0.269 e. The average molecular weight is 324 g/mol. The van der Waals surface area contributed by atoms with Gasteiger partial charge in [-0.15, -0.1) is 5.10 Å². The molecule has 0 spiro atoms. The van der Waals surface area contributed by atoms with Crippen molar-refractivity contribution >= 4 is 11.6 Å². The number of hydrogen-bond acceptors (Lipinski definition) is 6. The van der Waals surface area contributed by atoms with Crippen molar-refractivity contribution in [1.29, 1.82) is 0 Å². The van der Waals surface area contributed by atoms with E-state index in [0.29, 0.717) is 11.4 Å². The van der Waals surface area contributed by atoms with Crippen LogP contribution in [0.3, 0.4) is 0 Å². The Hall–Kier alpha value is -3.62. The lowest BCUT2D eigenvalue weighted by Crippen LogP contribution is -2.24. The van der Waals surface area contributed by atoms with E-state index in [0.717, 1.165) is 5.69 Å². The van der Waals surface area contributed by atoms with Crippen LogP contribution in [0.4, 0.5) is 5.69 Å². The standard InChI is InChI=1S/C15H12N6O3/c22-15(11-6-8-13(9-7-11)21(23)24)16-10-14-17-18-19-20(14)12-4-2-1-3-5-12/h1-9H,10H2,(H,16,22). The second kappa shape index (κ2) is 6.65. The summed E-state index contributed by atoms with van der Waals surface area (Å²) in [4.78, 5) is 22.2. The molecule has 9 nitrogen and oxygen atoms in total. The monoisotopic (exact) mass is 324 g/mol. The van der Waals surface area contributed by atoms with Crippen molar-refractivity contribution < 1.29 is 9.72 Å². The number of hydrogen-bond donors (Lipinski definition) is 1. The average Bonchev–Trinajstić information content (AvgIpc) is 3.09. The van der Waals surface area contributed by atoms with E-state index in [4.69, 9.17) is 0 Å². The number of nitro benzene ring substituents is 1. The van der Waals surface area contributed by atoms with Gasteiger partial charge in [-0.05, 0) is 34.7 Å². The van der Waals surface area contributed by atoms with Crippen molar-refractivity contribution in [1.82, 2.24) is 25.5 Å². The summed E-state index contributed by atoms with van der Waals surface area (Å²) in [7, 11) is 0. The Morgan fingerprint density at radius 3 is 2.50 bits per heavy atom. The molecule has 0 radical (unpaired) electrons. The van der Waals surface area contributed by atoms with Crippen molar-refractivity contribution in [3.63, 3.8) is 0 Å². The molecule has 0 fully saturated rings. The van der Waals surface area contributed by atoms with E-state index < -0.39 is 4.92 Å². The zero-order valence-electron chi connectivity index (χ0n) is 12.4. The Morgan fingerprint density at radius 1 is 1.12 bits per heavy atom. The molecule has 2 aromatic carbocycles. The predicted molar refractivity (Wildman–Crippen MR) is 83.4 cm³/mol. The van der Waals surface area contributed by atoms with Gasteiger partial charge in [-0.2, -0.15) is 4.68 Å². The first-order chi connectivity index (χ1) is 11.6. The Bertz CT molecular complexity index is 860. The summed E-state index contributed by atoms with van der Waals surface area (Å²) in [6.45, 7) is 0.123. The van der Waals surface area contributed by atoms with E-state index >= 15 is 0 Å². The summed E-state index contributed by atoms with van der Waals surface area (Å²) >= 11 is 0. The molecule has 0 atom stereocenters. The second-order valence-electron chi connectivity index (χ2n) is 4.83. The molecule has 24 heavy (non-hydrogen) atoms. The van der Waals surface area contributed by atoms with Gasteiger partial charge in [-0.1, -0.05) is 18.2 Å². The third-order valence-electron chi connectivity index (χ3n) is 3.28. The fourth-order valence-corrected chi connectivity index (χ4v) is 2.08. The quantitative estimate of drug-likeness (QED) is 0.561. The van der Waals surface area contributed by atoms with Crippen molar-refractivity contribution in [2.24, 2.45) is 0 Å². The van der Waals surface area contributed by atoms with Gasteiger partial charge in [-0.25, -0.2) is 0 Å². The number of tetrazole rings is 1. The number of benzene rings is 2. The largest absolute Gasteiger partial charge is 0.345 e. The molecule has 0 saturated carbocycles. The zero-order chi connectivity index (χ0) is 16.9. The van der Waals surface area contributed by atoms with Gasteiger partial charge < -0.3 is 5.32 Å². The lowest BCUT2D eigenvalue weighted by molar-refractivity contribution is -0.384. The molecule has 1 N–H and O–H groups in total. The lowest BCUT2D eigenvalue weighted by atomic mass is 10.2. The molecule has 9 heteroatoms. The number of rotatable bonds is 5. The summed E-state index contributed by atoms with van der Waals surface area (Å²) in [6.07, 6.45) is 0. The number of para-hydroxylation sites is 1. The van der Waals surface area contributed by atoms with Crippen molar-refractivity contribution in [2.75, 3.05) is 0 Å². The summed E-state index contributed by atoms with van der Waals surface area (Å²) in [6, 6.07) is 14.6. The molecule has 3 rings (SSSR count). The second-order valence-corrected chi connectivity index (χ2v) is 4.83. The zero-order valence-corrected chi connectivity index (χ0v) is 12.4. The van der Waals surface area contributed by atoms with Gasteiger partial charge in [0.1, 0.15) is 0 Å². The summed E-state index contributed by atoms with van der Waals surface area (Å²) < 4.78 is 1.52. The van der Waals surface area contributed by atoms with E-state index in [1.54, 1.807) is 0 Å². The summed E-state index contributed by atoms with van der Waals surface area (Å²) in [5, 5.41) is 24.7. The first-order valence-corrected chi connectivity index (χ1v) is 7.00. The van der Waals surface area contributed by atoms with Crippen LogP contribution in [0.15, 0.2) is 54.6 Å². The minimum atomic E-state index is -0.518. The van der Waals surface area contributed by atoms with Crippen LogP contribution < -0.4 is 5.32 Å². The minimum Gasteiger partial charge on any atom is -0.345 e. The van der Waals surface area contributed by atoms with E-state index in [2.05, 4.69) is 20.8 Å². The highest BCUT2D eigenvalue weighted by molar-refractivity contribution is 5.94. The van der Waals surface area contributed by atoms with Crippen LogP contribution in [0.5, 0.6) is 0 Å². The normalized spacial score (nSPS) is 10.3. The third-order valence-corrected chi connectivity index (χ3v) is 3.28. The van der Waals surface area contributed by atoms with Crippen LogP contribution >= 0.6 is 0 Å². The van der Waals surface area contributed by atoms with Crippen LogP contribution in [0, 0.1) is 10.1 Å². The predicted octanol–water partition coefficient (Wildman–Crippen LogP) is 1.50. The van der Waals surface area contributed by atoms with Gasteiger partial charge in [0, 0.05) is 17.7 Å². The van der Waals surface area contributed by atoms with E-state index in [1.165, 1.54) is 28.9 Å². The number of amides is 1. The number of carbonyl (C=O) groups is 1. The molecule has 0 saturated heterocycles. The minimum absolute atomic E-state index is 0.0698. The fourth-order valence-electron chi connectivity index (χ4n) is 2.08. The van der Waals surface area contributed by atoms with Crippen molar-refractivity contribution in [3.05, 3.63) is 76.1 Å². The first kappa shape index (κ1) is 15.3. The van der Waals surface area contributed by atoms with Crippen molar-refractivity contribution in [3.8, 4) is 5.69 Å². The molecular formula is C15H12N6O3. The highest BCUT2D eigenvalue weighted by Gasteiger charge is 2.12. The van der Waals surface area contributed by atoms with E-state index in [-0.39, 0.29) is 18.1 Å². The molecule has 1 heterocycles. The molecule has 0 unspecified atom stereocenters. The van der Waals surface area contributed by atoms with E-state index in [9.17, 15) is 14.9 Å². The molecule has 0 aliphatic carbocycles. The Kier molecular flexibility index (Phi) is 4.23. The molecule has 0 aliphatic rings. The molecule has 0 aliphatic heterocycles. The Morgan fingerprint density at radius 2 is 1.83 bits per heavy atom. The van der Waals surface area contributed by atoms with Crippen LogP contribution in [0.1, 0.15) is 16.2 Å². The van der Waals surface area contributed by atoms with Gasteiger partial charge in [0.05, 0.1) is 17.2 Å². The number of nitro groups is 1. The van der Waals surface area contributed by atoms with Crippen LogP contribution in [0.2, 0.25) is 0 Å². The SMILES string of the molecule is O=C(NCc1nnnn1-c1ccccc1)c1ccc([N+](=O)[O-])cc1. The molecule has 120 valence electrons. The first-order valence-electron chi connectivity index (χ1n) is 7.00. The summed E-state index contributed by atoms with van der Waals surface area (Å²) in [5.74, 6) is 0.101. The lowest BCUT2D eigenvalue weighted by Gasteiger charge is -2.06. The number of nitrogens with one attached hydrogen (secondary N) is 1. The molecule has 1 amide bonds. The Labute approximate surface area is 136 Å². The summed E-state index contributed by atoms with van der Waals surface area (Å²) in [5.41, 5.74) is 1.03. The highest BCUT2D eigenvalue weighted by atomic mass is 16.6. The molecule has 0 bridgehead atoms. The van der Waals surface area contributed by atoms with Gasteiger partial charge >= 0.3 is 0 Å². The van der Waals surface area contributed by atoms with Gasteiger partial charge in [0.15, 0.2) is 5.82 Å². The van der Waals surface area contributed by atoms with E-state index in [1.807, 2.05) is 30.3 Å². The fraction of sp³-hybridized carbons (Fsp3) is 0.0667. The maximum atomic E-state index is 12.1. The Balaban J connectivity index is 1.69. The number of aromatic nitrogens is 4. The molecular weight excluding hydrogens is 312 g/mol. The van der Waals surface area contributed by atoms with Gasteiger partial charge in [-0.3, -0.25) is 14.9 Å². The number of carbonyl (C=O) groups excluding carboxylic acids is 1.